The van der Waals surface area contributed by atoms with Gasteiger partial charge in [0.2, 0.25) is 5.88 Å². The lowest BCUT2D eigenvalue weighted by atomic mass is 10.1. The van der Waals surface area contributed by atoms with Gasteiger partial charge in [0.05, 0.1) is 11.4 Å². The summed E-state index contributed by atoms with van der Waals surface area (Å²) in [7, 11) is 0. The molecule has 0 spiro atoms. The Balaban J connectivity index is 1.54. The Morgan fingerprint density at radius 1 is 1.03 bits per heavy atom. The molecule has 7 nitrogen and oxygen atoms in total. The number of aryl methyl sites for hydroxylation is 2. The van der Waals surface area contributed by atoms with Crippen molar-refractivity contribution in [3.8, 4) is 11.6 Å². The van der Waals surface area contributed by atoms with Gasteiger partial charge in [-0.05, 0) is 72.0 Å². The van der Waals surface area contributed by atoms with Crippen molar-refractivity contribution in [3.05, 3.63) is 69.9 Å². The van der Waals surface area contributed by atoms with E-state index in [1.165, 1.54) is 0 Å². The fourth-order valence-corrected chi connectivity index (χ4v) is 3.79. The van der Waals surface area contributed by atoms with Gasteiger partial charge in [0.15, 0.2) is 5.65 Å². The molecule has 5 rings (SSSR count). The van der Waals surface area contributed by atoms with E-state index in [9.17, 15) is 0 Å². The van der Waals surface area contributed by atoms with Crippen molar-refractivity contribution in [1.29, 1.82) is 0 Å². The summed E-state index contributed by atoms with van der Waals surface area (Å²) >= 11 is 6.33. The normalized spacial score (nSPS) is 11.5. The van der Waals surface area contributed by atoms with Gasteiger partial charge in [0, 0.05) is 16.5 Å². The Morgan fingerprint density at radius 3 is 2.73 bits per heavy atom. The third kappa shape index (κ3) is 3.07. The second kappa shape index (κ2) is 7.11. The monoisotopic (exact) mass is 419 g/mol. The summed E-state index contributed by atoms with van der Waals surface area (Å²) in [4.78, 5) is 4.76. The number of benzene rings is 2. The first-order chi connectivity index (χ1) is 14.5. The number of pyridine rings is 1. The van der Waals surface area contributed by atoms with Crippen molar-refractivity contribution in [2.45, 2.75) is 27.4 Å². The smallest absolute Gasteiger partial charge is 0.215 e. The highest BCUT2D eigenvalue weighted by atomic mass is 35.5. The van der Waals surface area contributed by atoms with Crippen LogP contribution < -0.4 is 4.74 Å². The zero-order chi connectivity index (χ0) is 20.8. The minimum absolute atomic E-state index is 0.351. The summed E-state index contributed by atoms with van der Waals surface area (Å²) in [5, 5.41) is 14.1. The van der Waals surface area contributed by atoms with E-state index >= 15 is 0 Å². The van der Waals surface area contributed by atoms with E-state index in [4.69, 9.17) is 31.0 Å². The van der Waals surface area contributed by atoms with Crippen LogP contribution in [0.1, 0.15) is 22.4 Å². The number of halogens is 1. The number of hydrogen-bond acceptors (Lipinski definition) is 6. The van der Waals surface area contributed by atoms with Crippen molar-refractivity contribution >= 4 is 33.7 Å². The van der Waals surface area contributed by atoms with Gasteiger partial charge < -0.3 is 4.74 Å². The first kappa shape index (κ1) is 18.6. The van der Waals surface area contributed by atoms with Crippen LogP contribution in [0.3, 0.4) is 0 Å². The number of rotatable bonds is 4. The van der Waals surface area contributed by atoms with E-state index < -0.39 is 0 Å². The molecule has 0 bridgehead atoms. The SMILES string of the molecule is Cc1c(Cl)cccc1-n1nc(C)c2c(C)cc(OCc3ccc4nonc4c3)nc21. The Kier molecular flexibility index (Phi) is 4.40. The van der Waals surface area contributed by atoms with Gasteiger partial charge in [-0.25, -0.2) is 9.31 Å². The lowest BCUT2D eigenvalue weighted by Crippen LogP contribution is -2.03. The van der Waals surface area contributed by atoms with Crippen LogP contribution in [0.15, 0.2) is 47.1 Å². The second-order valence-electron chi connectivity index (χ2n) is 7.23. The van der Waals surface area contributed by atoms with Gasteiger partial charge in [0.25, 0.3) is 0 Å². The first-order valence-corrected chi connectivity index (χ1v) is 9.85. The van der Waals surface area contributed by atoms with Crippen LogP contribution in [0.25, 0.3) is 27.8 Å². The van der Waals surface area contributed by atoms with Crippen LogP contribution in [-0.4, -0.2) is 25.1 Å². The van der Waals surface area contributed by atoms with Gasteiger partial charge in [-0.1, -0.05) is 23.7 Å². The molecule has 5 aromatic rings. The van der Waals surface area contributed by atoms with E-state index in [0.717, 1.165) is 39.1 Å². The summed E-state index contributed by atoms with van der Waals surface area (Å²) in [6.45, 7) is 6.34. The van der Waals surface area contributed by atoms with Crippen LogP contribution in [0.4, 0.5) is 0 Å². The molecule has 0 saturated heterocycles. The van der Waals surface area contributed by atoms with Gasteiger partial charge >= 0.3 is 0 Å². The van der Waals surface area contributed by atoms with Crippen molar-refractivity contribution in [1.82, 2.24) is 25.1 Å². The predicted molar refractivity (Wildman–Crippen MR) is 114 cm³/mol. The minimum atomic E-state index is 0.351. The molecular weight excluding hydrogens is 402 g/mol. The van der Waals surface area contributed by atoms with Crippen LogP contribution in [-0.2, 0) is 6.61 Å². The highest BCUT2D eigenvalue weighted by Crippen LogP contribution is 2.29. The van der Waals surface area contributed by atoms with E-state index in [2.05, 4.69) is 10.3 Å². The molecule has 150 valence electrons. The zero-order valence-corrected chi connectivity index (χ0v) is 17.4. The second-order valence-corrected chi connectivity index (χ2v) is 7.64. The number of aromatic nitrogens is 5. The Hall–Kier alpha value is -3.45. The average Bonchev–Trinajstić information content (AvgIpc) is 3.32. The van der Waals surface area contributed by atoms with E-state index in [0.29, 0.717) is 28.5 Å². The van der Waals surface area contributed by atoms with Crippen LogP contribution in [0, 0.1) is 20.8 Å². The zero-order valence-electron chi connectivity index (χ0n) is 16.7. The van der Waals surface area contributed by atoms with Crippen LogP contribution >= 0.6 is 11.6 Å². The highest BCUT2D eigenvalue weighted by Gasteiger charge is 2.17. The molecule has 0 fully saturated rings. The maximum absolute atomic E-state index is 6.33. The van der Waals surface area contributed by atoms with Crippen LogP contribution in [0.2, 0.25) is 5.02 Å². The maximum Gasteiger partial charge on any atom is 0.215 e. The molecule has 0 radical (unpaired) electrons. The summed E-state index contributed by atoms with van der Waals surface area (Å²) in [6, 6.07) is 13.4. The molecule has 0 aliphatic carbocycles. The van der Waals surface area contributed by atoms with Gasteiger partial charge in [-0.2, -0.15) is 10.1 Å². The first-order valence-electron chi connectivity index (χ1n) is 9.48. The lowest BCUT2D eigenvalue weighted by Gasteiger charge is -2.10. The predicted octanol–water partition coefficient (Wildman–Crippen LogP) is 5.11. The molecule has 0 atom stereocenters. The van der Waals surface area contributed by atoms with E-state index in [-0.39, 0.29) is 0 Å². The topological polar surface area (TPSA) is 78.9 Å². The highest BCUT2D eigenvalue weighted by molar-refractivity contribution is 6.31. The summed E-state index contributed by atoms with van der Waals surface area (Å²) < 4.78 is 12.6. The van der Waals surface area contributed by atoms with E-state index in [1.807, 2.05) is 67.9 Å². The molecule has 0 saturated carbocycles. The molecule has 0 amide bonds. The fourth-order valence-electron chi connectivity index (χ4n) is 3.62. The Morgan fingerprint density at radius 2 is 1.87 bits per heavy atom. The largest absolute Gasteiger partial charge is 0.473 e. The average molecular weight is 420 g/mol. The number of ether oxygens (including phenoxy) is 1. The summed E-state index contributed by atoms with van der Waals surface area (Å²) in [5.74, 6) is 0.527. The molecule has 3 aromatic heterocycles. The van der Waals surface area contributed by atoms with Crippen LogP contribution in [0.5, 0.6) is 5.88 Å². The standard InChI is InChI=1S/C22H18ClN5O2/c1-12-9-20(29-11-15-7-8-17-18(10-15)27-30-26-17)24-22-21(12)14(3)25-28(22)19-6-4-5-16(23)13(19)2/h4-10H,11H2,1-3H3. The van der Waals surface area contributed by atoms with Gasteiger partial charge in [-0.3, -0.25) is 0 Å². The fraction of sp³-hybridized carbons (Fsp3) is 0.182. The van der Waals surface area contributed by atoms with E-state index in [1.54, 1.807) is 0 Å². The minimum Gasteiger partial charge on any atom is -0.473 e. The number of hydrogen-bond donors (Lipinski definition) is 0. The quantitative estimate of drug-likeness (QED) is 0.402. The Bertz CT molecular complexity index is 1410. The van der Waals surface area contributed by atoms with Crippen molar-refractivity contribution in [2.24, 2.45) is 0 Å². The molecule has 0 aliphatic heterocycles. The molecular formula is C22H18ClN5O2. The molecule has 8 heteroatoms. The molecule has 0 N–H and O–H groups in total. The van der Waals surface area contributed by atoms with Crippen molar-refractivity contribution < 1.29 is 9.37 Å². The molecule has 30 heavy (non-hydrogen) atoms. The van der Waals surface area contributed by atoms with Crippen molar-refractivity contribution in [3.63, 3.8) is 0 Å². The maximum atomic E-state index is 6.33. The molecule has 2 aromatic carbocycles. The third-order valence-electron chi connectivity index (χ3n) is 5.16. The molecule has 3 heterocycles. The lowest BCUT2D eigenvalue weighted by molar-refractivity contribution is 0.294. The van der Waals surface area contributed by atoms with Gasteiger partial charge in [0.1, 0.15) is 17.6 Å². The van der Waals surface area contributed by atoms with Gasteiger partial charge in [-0.15, -0.1) is 0 Å². The summed E-state index contributed by atoms with van der Waals surface area (Å²) in [6.07, 6.45) is 0. The molecule has 0 aliphatic rings. The van der Waals surface area contributed by atoms with Crippen molar-refractivity contribution in [2.75, 3.05) is 0 Å². The number of fused-ring (bicyclic) bond motifs is 2. The summed E-state index contributed by atoms with van der Waals surface area (Å²) in [5.41, 5.74) is 6.90. The number of nitrogens with zero attached hydrogens (tertiary/aromatic N) is 5. The third-order valence-corrected chi connectivity index (χ3v) is 5.57. The Labute approximate surface area is 177 Å². The molecule has 0 unspecified atom stereocenters.